The molecule has 0 spiro atoms. The van der Waals surface area contributed by atoms with Crippen molar-refractivity contribution in [2.45, 2.75) is 71.4 Å². The quantitative estimate of drug-likeness (QED) is 0.445. The highest BCUT2D eigenvalue weighted by Crippen LogP contribution is 2.30. The summed E-state index contributed by atoms with van der Waals surface area (Å²) in [5.41, 5.74) is 4.56. The summed E-state index contributed by atoms with van der Waals surface area (Å²) >= 11 is 0. The number of aryl methyl sites for hydroxylation is 2. The van der Waals surface area contributed by atoms with Gasteiger partial charge in [0.2, 0.25) is 17.6 Å². The average Bonchev–Trinajstić information content (AvgIpc) is 3.37. The maximum Gasteiger partial charge on any atom is 0.246 e. The molecule has 184 valence electrons. The molecule has 1 saturated carbocycles. The largest absolute Gasteiger partial charge is 0.371 e. The molecule has 1 aromatic heterocycles. The van der Waals surface area contributed by atoms with E-state index in [4.69, 9.17) is 4.52 Å². The SMILES string of the molecule is Cc1ccc(N2CCC[C@H](C(=O)N(Cc3nc(-c4cccc(C)c4)no3)C3CCCCC3)C2)cc1. The zero-order valence-corrected chi connectivity index (χ0v) is 20.9. The van der Waals surface area contributed by atoms with Gasteiger partial charge in [0.05, 0.1) is 5.92 Å². The topological polar surface area (TPSA) is 62.5 Å². The molecule has 6 nitrogen and oxygen atoms in total. The fourth-order valence-electron chi connectivity index (χ4n) is 5.55. The van der Waals surface area contributed by atoms with Crippen LogP contribution >= 0.6 is 0 Å². The Hall–Kier alpha value is -3.15. The molecule has 2 heterocycles. The first-order valence-electron chi connectivity index (χ1n) is 13.1. The van der Waals surface area contributed by atoms with Crippen molar-refractivity contribution in [3.8, 4) is 11.4 Å². The predicted molar refractivity (Wildman–Crippen MR) is 138 cm³/mol. The maximum atomic E-state index is 14.0. The Morgan fingerprint density at radius 3 is 2.57 bits per heavy atom. The van der Waals surface area contributed by atoms with E-state index in [1.165, 1.54) is 30.5 Å². The molecule has 1 saturated heterocycles. The van der Waals surface area contributed by atoms with E-state index in [1.54, 1.807) is 0 Å². The van der Waals surface area contributed by atoms with E-state index in [1.807, 2.05) is 12.1 Å². The van der Waals surface area contributed by atoms with Crippen LogP contribution in [0, 0.1) is 19.8 Å². The van der Waals surface area contributed by atoms with Gasteiger partial charge in [0, 0.05) is 30.4 Å². The number of amides is 1. The molecule has 0 unspecified atom stereocenters. The number of carbonyl (C=O) groups excluding carboxylic acids is 1. The van der Waals surface area contributed by atoms with Crippen molar-refractivity contribution in [3.05, 3.63) is 65.5 Å². The number of rotatable bonds is 6. The van der Waals surface area contributed by atoms with Crippen LogP contribution in [0.25, 0.3) is 11.4 Å². The van der Waals surface area contributed by atoms with Gasteiger partial charge in [-0.3, -0.25) is 4.79 Å². The lowest BCUT2D eigenvalue weighted by Crippen LogP contribution is -2.48. The molecule has 0 N–H and O–H groups in total. The second kappa shape index (κ2) is 10.6. The van der Waals surface area contributed by atoms with Gasteiger partial charge >= 0.3 is 0 Å². The Labute approximate surface area is 208 Å². The molecule has 0 bridgehead atoms. The Kier molecular flexibility index (Phi) is 7.16. The van der Waals surface area contributed by atoms with Crippen molar-refractivity contribution >= 4 is 11.6 Å². The first kappa shape index (κ1) is 23.6. The minimum Gasteiger partial charge on any atom is -0.371 e. The highest BCUT2D eigenvalue weighted by Gasteiger charge is 2.34. The van der Waals surface area contributed by atoms with Crippen LogP contribution in [0.4, 0.5) is 5.69 Å². The lowest BCUT2D eigenvalue weighted by molar-refractivity contribution is -0.140. The summed E-state index contributed by atoms with van der Waals surface area (Å²) in [6, 6.07) is 17.0. The fraction of sp³-hybridized carbons (Fsp3) is 0.483. The number of hydrogen-bond acceptors (Lipinski definition) is 5. The summed E-state index contributed by atoms with van der Waals surface area (Å²) in [6.07, 6.45) is 7.67. The van der Waals surface area contributed by atoms with Crippen LogP contribution < -0.4 is 4.90 Å². The summed E-state index contributed by atoms with van der Waals surface area (Å²) in [4.78, 5) is 23.1. The molecule has 5 rings (SSSR count). The van der Waals surface area contributed by atoms with Crippen molar-refractivity contribution in [2.75, 3.05) is 18.0 Å². The number of hydrogen-bond donors (Lipinski definition) is 0. The molecule has 0 radical (unpaired) electrons. The van der Waals surface area contributed by atoms with Crippen molar-refractivity contribution in [1.29, 1.82) is 0 Å². The van der Waals surface area contributed by atoms with Gasteiger partial charge in [-0.1, -0.05) is 65.9 Å². The zero-order valence-electron chi connectivity index (χ0n) is 20.9. The van der Waals surface area contributed by atoms with Crippen LogP contribution in [-0.4, -0.2) is 40.1 Å². The number of benzene rings is 2. The molecular weight excluding hydrogens is 436 g/mol. The van der Waals surface area contributed by atoms with E-state index >= 15 is 0 Å². The average molecular weight is 473 g/mol. The van der Waals surface area contributed by atoms with Crippen LogP contribution in [0.15, 0.2) is 53.1 Å². The van der Waals surface area contributed by atoms with Gasteiger partial charge in [-0.15, -0.1) is 0 Å². The van der Waals surface area contributed by atoms with Crippen LogP contribution in [0.2, 0.25) is 0 Å². The molecule has 1 amide bonds. The lowest BCUT2D eigenvalue weighted by atomic mass is 9.91. The minimum atomic E-state index is -0.00820. The Balaban J connectivity index is 1.34. The first-order valence-corrected chi connectivity index (χ1v) is 13.1. The third-order valence-corrected chi connectivity index (χ3v) is 7.52. The fourth-order valence-corrected chi connectivity index (χ4v) is 5.55. The van der Waals surface area contributed by atoms with Crippen LogP contribution in [0.1, 0.15) is 62.0 Å². The molecule has 2 aliphatic rings. The van der Waals surface area contributed by atoms with E-state index in [9.17, 15) is 4.79 Å². The summed E-state index contributed by atoms with van der Waals surface area (Å²) in [6.45, 7) is 6.32. The molecular formula is C29H36N4O2. The maximum absolute atomic E-state index is 14.0. The highest BCUT2D eigenvalue weighted by atomic mass is 16.5. The molecule has 1 atom stereocenters. The van der Waals surface area contributed by atoms with Crippen LogP contribution in [0.3, 0.4) is 0 Å². The third kappa shape index (κ3) is 5.58. The monoisotopic (exact) mass is 472 g/mol. The van der Waals surface area contributed by atoms with Crippen LogP contribution in [0.5, 0.6) is 0 Å². The van der Waals surface area contributed by atoms with E-state index < -0.39 is 0 Å². The van der Waals surface area contributed by atoms with E-state index in [-0.39, 0.29) is 17.9 Å². The second-order valence-electron chi connectivity index (χ2n) is 10.3. The van der Waals surface area contributed by atoms with E-state index in [2.05, 4.69) is 70.2 Å². The first-order chi connectivity index (χ1) is 17.1. The number of aromatic nitrogens is 2. The summed E-state index contributed by atoms with van der Waals surface area (Å²) in [7, 11) is 0. The smallest absolute Gasteiger partial charge is 0.246 e. The van der Waals surface area contributed by atoms with Crippen molar-refractivity contribution in [3.63, 3.8) is 0 Å². The van der Waals surface area contributed by atoms with Crippen molar-refractivity contribution in [1.82, 2.24) is 15.0 Å². The molecule has 3 aromatic rings. The van der Waals surface area contributed by atoms with Crippen molar-refractivity contribution in [2.24, 2.45) is 5.92 Å². The number of anilines is 1. The number of piperidine rings is 1. The summed E-state index contributed by atoms with van der Waals surface area (Å²) in [5, 5.41) is 4.22. The molecule has 2 aromatic carbocycles. The molecule has 1 aliphatic carbocycles. The van der Waals surface area contributed by atoms with Crippen LogP contribution in [-0.2, 0) is 11.3 Å². The highest BCUT2D eigenvalue weighted by molar-refractivity contribution is 5.80. The lowest BCUT2D eigenvalue weighted by Gasteiger charge is -2.39. The van der Waals surface area contributed by atoms with Gasteiger partial charge in [-0.25, -0.2) is 0 Å². The number of nitrogens with zero attached hydrogens (tertiary/aromatic N) is 4. The summed E-state index contributed by atoms with van der Waals surface area (Å²) in [5.74, 6) is 1.34. The van der Waals surface area contributed by atoms with E-state index in [0.29, 0.717) is 18.3 Å². The minimum absolute atomic E-state index is 0.00820. The Morgan fingerprint density at radius 2 is 1.80 bits per heavy atom. The Bertz CT molecular complexity index is 1130. The van der Waals surface area contributed by atoms with E-state index in [0.717, 1.165) is 49.9 Å². The Morgan fingerprint density at radius 1 is 1.00 bits per heavy atom. The number of carbonyl (C=O) groups is 1. The normalized spacial score (nSPS) is 19.0. The molecule has 2 fully saturated rings. The zero-order chi connectivity index (χ0) is 24.2. The molecule has 1 aliphatic heterocycles. The van der Waals surface area contributed by atoms with Gasteiger partial charge < -0.3 is 14.3 Å². The molecule has 6 heteroatoms. The standard InChI is InChI=1S/C29H36N4O2/c1-21-13-15-25(16-14-21)32-17-7-10-24(19-32)29(34)33(26-11-4-3-5-12-26)20-27-30-28(31-35-27)23-9-6-8-22(2)18-23/h6,8-9,13-16,18,24,26H,3-5,7,10-12,17,19-20H2,1-2H3/t24-/m0/s1. The van der Waals surface area contributed by atoms with Gasteiger partial charge in [0.1, 0.15) is 6.54 Å². The molecule has 35 heavy (non-hydrogen) atoms. The third-order valence-electron chi connectivity index (χ3n) is 7.52. The van der Waals surface area contributed by atoms with Gasteiger partial charge in [-0.05, 0) is 57.7 Å². The van der Waals surface area contributed by atoms with Gasteiger partial charge in [0.25, 0.3) is 0 Å². The second-order valence-corrected chi connectivity index (χ2v) is 10.3. The van der Waals surface area contributed by atoms with Gasteiger partial charge in [0.15, 0.2) is 0 Å². The predicted octanol–water partition coefficient (Wildman–Crippen LogP) is 5.93. The van der Waals surface area contributed by atoms with Gasteiger partial charge in [-0.2, -0.15) is 4.98 Å². The summed E-state index contributed by atoms with van der Waals surface area (Å²) < 4.78 is 5.65. The van der Waals surface area contributed by atoms with Crippen molar-refractivity contribution < 1.29 is 9.32 Å².